The van der Waals surface area contributed by atoms with Crippen LogP contribution in [0.2, 0.25) is 0 Å². The summed E-state index contributed by atoms with van der Waals surface area (Å²) in [5, 5.41) is 8.90. The van der Waals surface area contributed by atoms with Gasteiger partial charge in [-0.05, 0) is 32.4 Å². The Balaban J connectivity index is 3.82. The van der Waals surface area contributed by atoms with Crippen LogP contribution in [0.25, 0.3) is 0 Å². The van der Waals surface area contributed by atoms with Gasteiger partial charge in [-0.15, -0.1) is 0 Å². The number of ether oxygens (including phenoxy) is 1. The van der Waals surface area contributed by atoms with Gasteiger partial charge in [0.15, 0.2) is 0 Å². The Hall–Kier alpha value is -0.760. The first kappa shape index (κ1) is 10.2. The summed E-state index contributed by atoms with van der Waals surface area (Å²) in [7, 11) is 0. The lowest BCUT2D eigenvalue weighted by Crippen LogP contribution is -2.10. The number of aliphatic hydroxyl groups is 1. The quantitative estimate of drug-likeness (QED) is 0.497. The fourth-order valence-corrected chi connectivity index (χ4v) is 0.663. The Bertz CT molecular complexity index is 157. The van der Waals surface area contributed by atoms with Crippen molar-refractivity contribution in [2.24, 2.45) is 0 Å². The highest BCUT2D eigenvalue weighted by molar-refractivity contribution is 5.19. The van der Waals surface area contributed by atoms with E-state index >= 15 is 0 Å². The molecule has 0 aromatic rings. The van der Waals surface area contributed by atoms with E-state index in [1.54, 1.807) is 6.92 Å². The summed E-state index contributed by atoms with van der Waals surface area (Å²) in [6.07, 6.45) is 1.41. The van der Waals surface area contributed by atoms with Crippen LogP contribution in [0.3, 0.4) is 0 Å². The van der Waals surface area contributed by atoms with E-state index in [-0.39, 0.29) is 0 Å². The third-order valence-electron chi connectivity index (χ3n) is 1.16. The molecule has 0 aliphatic heterocycles. The summed E-state index contributed by atoms with van der Waals surface area (Å²) in [6.45, 7) is 9.49. The van der Waals surface area contributed by atoms with Gasteiger partial charge in [-0.2, -0.15) is 0 Å². The van der Waals surface area contributed by atoms with E-state index in [2.05, 4.69) is 6.58 Å². The monoisotopic (exact) mass is 156 g/mol. The average Bonchev–Trinajstić information content (AvgIpc) is 1.87. The zero-order valence-corrected chi connectivity index (χ0v) is 7.42. The van der Waals surface area contributed by atoms with Gasteiger partial charge in [0, 0.05) is 0 Å². The number of aliphatic hydroxyl groups excluding tert-OH is 1. The molecule has 0 rings (SSSR count). The summed E-state index contributed by atoms with van der Waals surface area (Å²) >= 11 is 0. The minimum Gasteiger partial charge on any atom is -0.491 e. The first-order valence-electron chi connectivity index (χ1n) is 3.71. The number of hydrogen-bond acceptors (Lipinski definition) is 2. The van der Waals surface area contributed by atoms with E-state index in [1.807, 2.05) is 19.9 Å². The molecule has 0 bridgehead atoms. The maximum atomic E-state index is 8.90. The molecule has 0 radical (unpaired) electrons. The fourth-order valence-electron chi connectivity index (χ4n) is 0.663. The van der Waals surface area contributed by atoms with Crippen molar-refractivity contribution in [3.8, 4) is 0 Å². The highest BCUT2D eigenvalue weighted by Gasteiger charge is 1.99. The number of hydrogen-bond donors (Lipinski definition) is 1. The van der Waals surface area contributed by atoms with Crippen LogP contribution in [-0.4, -0.2) is 17.8 Å². The number of rotatable bonds is 4. The second-order valence-corrected chi connectivity index (χ2v) is 2.59. The first-order valence-corrected chi connectivity index (χ1v) is 3.71. The summed E-state index contributed by atoms with van der Waals surface area (Å²) < 4.78 is 5.23. The molecule has 2 heteroatoms. The molecule has 11 heavy (non-hydrogen) atoms. The van der Waals surface area contributed by atoms with Crippen molar-refractivity contribution in [2.45, 2.75) is 26.9 Å². The molecule has 0 spiro atoms. The predicted octanol–water partition coefficient (Wildman–Crippen LogP) is 1.86. The van der Waals surface area contributed by atoms with Gasteiger partial charge >= 0.3 is 0 Å². The second kappa shape index (κ2) is 4.97. The zero-order chi connectivity index (χ0) is 8.85. The average molecular weight is 156 g/mol. The molecule has 0 aromatic heterocycles. The highest BCUT2D eigenvalue weighted by Crippen LogP contribution is 2.08. The maximum Gasteiger partial charge on any atom is 0.117 e. The standard InChI is InChI=1S/C9H16O2/c1-5-9(7(2)3)11-6-8(4)10/h5,8,10H,2,6H2,1,3-4H3. The molecule has 0 fully saturated rings. The lowest BCUT2D eigenvalue weighted by molar-refractivity contribution is 0.0866. The molecule has 0 amide bonds. The smallest absolute Gasteiger partial charge is 0.117 e. The van der Waals surface area contributed by atoms with E-state index in [0.717, 1.165) is 11.3 Å². The van der Waals surface area contributed by atoms with Crippen molar-refractivity contribution < 1.29 is 9.84 Å². The Morgan fingerprint density at radius 2 is 2.27 bits per heavy atom. The molecule has 2 nitrogen and oxygen atoms in total. The van der Waals surface area contributed by atoms with Gasteiger partial charge in [-0.1, -0.05) is 6.58 Å². The fraction of sp³-hybridized carbons (Fsp3) is 0.556. The largest absolute Gasteiger partial charge is 0.491 e. The van der Waals surface area contributed by atoms with Gasteiger partial charge in [0.05, 0.1) is 6.10 Å². The molecule has 64 valence electrons. The van der Waals surface area contributed by atoms with Crippen molar-refractivity contribution in [1.82, 2.24) is 0 Å². The molecule has 0 saturated carbocycles. The molecule has 0 saturated heterocycles. The SMILES string of the molecule is C=C(C)C(=CC)OCC(C)O. The minimum atomic E-state index is -0.427. The van der Waals surface area contributed by atoms with Gasteiger partial charge in [0.2, 0.25) is 0 Å². The van der Waals surface area contributed by atoms with Gasteiger partial charge in [0.1, 0.15) is 12.4 Å². The maximum absolute atomic E-state index is 8.90. The number of allylic oxidation sites excluding steroid dienone is 2. The summed E-state index contributed by atoms with van der Waals surface area (Å²) in [4.78, 5) is 0. The summed E-state index contributed by atoms with van der Waals surface area (Å²) in [6, 6.07) is 0. The molecule has 0 aromatic carbocycles. The molecule has 1 unspecified atom stereocenters. The van der Waals surface area contributed by atoms with E-state index in [9.17, 15) is 0 Å². The van der Waals surface area contributed by atoms with Crippen LogP contribution in [0, 0.1) is 0 Å². The van der Waals surface area contributed by atoms with Gasteiger partial charge in [-0.25, -0.2) is 0 Å². The minimum absolute atomic E-state index is 0.326. The van der Waals surface area contributed by atoms with Crippen LogP contribution in [-0.2, 0) is 4.74 Å². The van der Waals surface area contributed by atoms with Crippen molar-refractivity contribution in [3.63, 3.8) is 0 Å². The van der Waals surface area contributed by atoms with Crippen molar-refractivity contribution in [3.05, 3.63) is 24.0 Å². The van der Waals surface area contributed by atoms with Crippen molar-refractivity contribution in [2.75, 3.05) is 6.61 Å². The Labute approximate surface area is 68.2 Å². The van der Waals surface area contributed by atoms with Crippen molar-refractivity contribution in [1.29, 1.82) is 0 Å². The first-order chi connectivity index (χ1) is 5.07. The third kappa shape index (κ3) is 4.62. The Kier molecular flexibility index (Phi) is 4.62. The topological polar surface area (TPSA) is 29.5 Å². The Morgan fingerprint density at radius 1 is 1.73 bits per heavy atom. The van der Waals surface area contributed by atoms with Crippen LogP contribution in [0.15, 0.2) is 24.0 Å². The molecule has 1 N–H and O–H groups in total. The van der Waals surface area contributed by atoms with E-state index in [4.69, 9.17) is 9.84 Å². The van der Waals surface area contributed by atoms with Crippen LogP contribution < -0.4 is 0 Å². The molecule has 0 aliphatic rings. The van der Waals surface area contributed by atoms with Gasteiger partial charge < -0.3 is 9.84 Å². The molecule has 0 aliphatic carbocycles. The van der Waals surface area contributed by atoms with Crippen LogP contribution in [0.1, 0.15) is 20.8 Å². The van der Waals surface area contributed by atoms with Gasteiger partial charge in [-0.3, -0.25) is 0 Å². The predicted molar refractivity (Wildman–Crippen MR) is 46.2 cm³/mol. The van der Waals surface area contributed by atoms with Crippen molar-refractivity contribution >= 4 is 0 Å². The van der Waals surface area contributed by atoms with Crippen LogP contribution in [0.5, 0.6) is 0 Å². The normalized spacial score (nSPS) is 14.4. The summed E-state index contributed by atoms with van der Waals surface area (Å²) in [5.74, 6) is 0.755. The molecule has 0 heterocycles. The van der Waals surface area contributed by atoms with Crippen LogP contribution in [0.4, 0.5) is 0 Å². The van der Waals surface area contributed by atoms with Crippen LogP contribution >= 0.6 is 0 Å². The van der Waals surface area contributed by atoms with Gasteiger partial charge in [0.25, 0.3) is 0 Å². The van der Waals surface area contributed by atoms with E-state index < -0.39 is 6.10 Å². The second-order valence-electron chi connectivity index (χ2n) is 2.59. The molecular formula is C9H16O2. The van der Waals surface area contributed by atoms with E-state index in [1.165, 1.54) is 0 Å². The third-order valence-corrected chi connectivity index (χ3v) is 1.16. The Morgan fingerprint density at radius 3 is 2.55 bits per heavy atom. The lowest BCUT2D eigenvalue weighted by atomic mass is 10.3. The zero-order valence-electron chi connectivity index (χ0n) is 7.42. The summed E-state index contributed by atoms with van der Waals surface area (Å²) in [5.41, 5.74) is 0.883. The lowest BCUT2D eigenvalue weighted by Gasteiger charge is -2.10. The van der Waals surface area contributed by atoms with E-state index in [0.29, 0.717) is 6.61 Å². The molecule has 1 atom stereocenters. The molecular weight excluding hydrogens is 140 g/mol. The highest BCUT2D eigenvalue weighted by atomic mass is 16.5.